The quantitative estimate of drug-likeness (QED) is 0.715. The maximum Gasteiger partial charge on any atom is 0.405 e. The summed E-state index contributed by atoms with van der Waals surface area (Å²) in [6.45, 7) is 1.12. The van der Waals surface area contributed by atoms with E-state index in [0.29, 0.717) is 18.7 Å². The maximum absolute atomic E-state index is 11.9. The predicted octanol–water partition coefficient (Wildman–Crippen LogP) is 0.0430. The lowest BCUT2D eigenvalue weighted by atomic mass is 10.0. The molecule has 0 aromatic carbocycles. The first-order chi connectivity index (χ1) is 8.70. The molecule has 108 valence electrons. The lowest BCUT2D eigenvalue weighted by Gasteiger charge is -2.24. The maximum atomic E-state index is 11.9. The van der Waals surface area contributed by atoms with Gasteiger partial charge >= 0.3 is 6.18 Å². The first-order valence-electron chi connectivity index (χ1n) is 5.69. The average Bonchev–Trinajstić information content (AvgIpc) is 2.21. The van der Waals surface area contributed by atoms with E-state index in [1.54, 1.807) is 12.2 Å². The molecule has 0 aromatic rings. The van der Waals surface area contributed by atoms with Gasteiger partial charge in [0.1, 0.15) is 6.54 Å². The number of hydrogen-bond acceptors (Lipinski definition) is 3. The Morgan fingerprint density at radius 2 is 1.95 bits per heavy atom. The van der Waals surface area contributed by atoms with Gasteiger partial charge < -0.3 is 15.5 Å². The van der Waals surface area contributed by atoms with E-state index in [9.17, 15) is 22.8 Å². The van der Waals surface area contributed by atoms with Crippen LogP contribution in [0.5, 0.6) is 0 Å². The molecule has 2 N–H and O–H groups in total. The van der Waals surface area contributed by atoms with Crippen LogP contribution < -0.4 is 10.6 Å². The van der Waals surface area contributed by atoms with Gasteiger partial charge in [-0.25, -0.2) is 0 Å². The van der Waals surface area contributed by atoms with Gasteiger partial charge in [0.25, 0.3) is 0 Å². The summed E-state index contributed by atoms with van der Waals surface area (Å²) in [4.78, 5) is 24.2. The molecule has 19 heavy (non-hydrogen) atoms. The number of alkyl halides is 3. The monoisotopic (exact) mass is 279 g/mol. The highest BCUT2D eigenvalue weighted by Crippen LogP contribution is 2.12. The minimum absolute atomic E-state index is 0.348. The Hall–Kier alpha value is -1.57. The Morgan fingerprint density at radius 1 is 1.37 bits per heavy atom. The van der Waals surface area contributed by atoms with Crippen molar-refractivity contribution >= 4 is 11.8 Å². The summed E-state index contributed by atoms with van der Waals surface area (Å²) in [5.41, 5.74) is 1.48. The number of carbonyl (C=O) groups is 2. The van der Waals surface area contributed by atoms with E-state index in [1.807, 2.05) is 0 Å². The van der Waals surface area contributed by atoms with Crippen LogP contribution in [-0.4, -0.2) is 56.1 Å². The summed E-state index contributed by atoms with van der Waals surface area (Å²) in [6, 6.07) is 0. The van der Waals surface area contributed by atoms with E-state index in [4.69, 9.17) is 0 Å². The van der Waals surface area contributed by atoms with Crippen molar-refractivity contribution in [1.29, 1.82) is 0 Å². The van der Waals surface area contributed by atoms with E-state index in [-0.39, 0.29) is 5.91 Å². The number of rotatable bonds is 4. The van der Waals surface area contributed by atoms with Crippen molar-refractivity contribution in [2.45, 2.75) is 13.1 Å². The fourth-order valence-corrected chi connectivity index (χ4v) is 1.49. The van der Waals surface area contributed by atoms with Crippen LogP contribution in [0, 0.1) is 0 Å². The van der Waals surface area contributed by atoms with Gasteiger partial charge in [0, 0.05) is 25.7 Å². The molecule has 0 bridgehead atoms. The minimum Gasteiger partial charge on any atom is -0.345 e. The zero-order chi connectivity index (χ0) is 14.6. The molecule has 1 aliphatic heterocycles. The highest BCUT2D eigenvalue weighted by molar-refractivity contribution is 5.96. The predicted molar refractivity (Wildman–Crippen MR) is 62.3 cm³/mol. The SMILES string of the molecule is CC(C(=O)N(C)CC(=O)NCC(F)(F)F)=C1CNC1. The molecule has 1 rings (SSSR count). The zero-order valence-electron chi connectivity index (χ0n) is 10.7. The lowest BCUT2D eigenvalue weighted by molar-refractivity contribution is -0.140. The molecule has 0 aliphatic carbocycles. The average molecular weight is 279 g/mol. The number of halogens is 3. The van der Waals surface area contributed by atoms with Crippen molar-refractivity contribution < 1.29 is 22.8 Å². The van der Waals surface area contributed by atoms with Crippen molar-refractivity contribution in [1.82, 2.24) is 15.5 Å². The molecule has 2 amide bonds. The fourth-order valence-electron chi connectivity index (χ4n) is 1.49. The number of nitrogens with one attached hydrogen (secondary N) is 2. The molecular weight excluding hydrogens is 263 g/mol. The van der Waals surface area contributed by atoms with Gasteiger partial charge in [-0.15, -0.1) is 0 Å². The summed E-state index contributed by atoms with van der Waals surface area (Å²) in [7, 11) is 1.38. The van der Waals surface area contributed by atoms with Gasteiger partial charge in [-0.1, -0.05) is 0 Å². The normalized spacial score (nSPS) is 14.7. The van der Waals surface area contributed by atoms with E-state index in [2.05, 4.69) is 5.32 Å². The third-order valence-corrected chi connectivity index (χ3v) is 2.74. The smallest absolute Gasteiger partial charge is 0.345 e. The molecule has 0 spiro atoms. The Morgan fingerprint density at radius 3 is 2.37 bits per heavy atom. The molecule has 0 atom stereocenters. The zero-order valence-corrected chi connectivity index (χ0v) is 10.7. The third kappa shape index (κ3) is 4.90. The molecule has 0 unspecified atom stereocenters. The second-order valence-corrected chi connectivity index (χ2v) is 4.39. The highest BCUT2D eigenvalue weighted by Gasteiger charge is 2.28. The van der Waals surface area contributed by atoms with Crippen LogP contribution in [0.15, 0.2) is 11.1 Å². The molecule has 1 heterocycles. The highest BCUT2D eigenvalue weighted by atomic mass is 19.4. The topological polar surface area (TPSA) is 61.4 Å². The lowest BCUT2D eigenvalue weighted by Crippen LogP contribution is -2.43. The summed E-state index contributed by atoms with van der Waals surface area (Å²) in [6.07, 6.45) is -4.45. The number of hydrogen-bond donors (Lipinski definition) is 2. The van der Waals surface area contributed by atoms with Crippen molar-refractivity contribution in [2.75, 3.05) is 33.2 Å². The standard InChI is InChI=1S/C11H16F3N3O2/c1-7(8-3-15-4-8)10(19)17(2)5-9(18)16-6-11(12,13)14/h15H,3-6H2,1-2H3,(H,16,18). The molecule has 1 saturated heterocycles. The molecular formula is C11H16F3N3O2. The molecule has 0 saturated carbocycles. The second kappa shape index (κ2) is 6.05. The summed E-state index contributed by atoms with van der Waals surface area (Å²) in [5, 5.41) is 4.70. The van der Waals surface area contributed by atoms with Gasteiger partial charge in [0.15, 0.2) is 0 Å². The Bertz CT molecular complexity index is 398. The molecule has 1 aliphatic rings. The van der Waals surface area contributed by atoms with Crippen LogP contribution in [0.25, 0.3) is 0 Å². The number of amides is 2. The van der Waals surface area contributed by atoms with Crippen LogP contribution >= 0.6 is 0 Å². The van der Waals surface area contributed by atoms with Crippen LogP contribution in [0.1, 0.15) is 6.92 Å². The molecule has 5 nitrogen and oxygen atoms in total. The Labute approximate surface area is 108 Å². The molecule has 1 fully saturated rings. The molecule has 0 aromatic heterocycles. The van der Waals surface area contributed by atoms with Gasteiger partial charge in [0.2, 0.25) is 11.8 Å². The molecule has 0 radical (unpaired) electrons. The van der Waals surface area contributed by atoms with Crippen molar-refractivity contribution in [3.63, 3.8) is 0 Å². The Kier molecular flexibility index (Phi) is 4.93. The number of carbonyl (C=O) groups excluding carboxylic acids is 2. The van der Waals surface area contributed by atoms with E-state index >= 15 is 0 Å². The first kappa shape index (κ1) is 15.5. The minimum atomic E-state index is -4.45. The van der Waals surface area contributed by atoms with Crippen molar-refractivity contribution in [3.05, 3.63) is 11.1 Å². The van der Waals surface area contributed by atoms with Crippen LogP contribution in [0.2, 0.25) is 0 Å². The fraction of sp³-hybridized carbons (Fsp3) is 0.636. The third-order valence-electron chi connectivity index (χ3n) is 2.74. The van der Waals surface area contributed by atoms with E-state index in [0.717, 1.165) is 10.5 Å². The van der Waals surface area contributed by atoms with E-state index < -0.39 is 25.2 Å². The second-order valence-electron chi connectivity index (χ2n) is 4.39. The summed E-state index contributed by atoms with van der Waals surface area (Å²) in [5.74, 6) is -1.18. The van der Waals surface area contributed by atoms with Crippen LogP contribution in [-0.2, 0) is 9.59 Å². The van der Waals surface area contributed by atoms with Gasteiger partial charge in [-0.3, -0.25) is 9.59 Å². The van der Waals surface area contributed by atoms with Crippen LogP contribution in [0.4, 0.5) is 13.2 Å². The number of nitrogens with zero attached hydrogens (tertiary/aromatic N) is 1. The van der Waals surface area contributed by atoms with Gasteiger partial charge in [-0.2, -0.15) is 13.2 Å². The first-order valence-corrected chi connectivity index (χ1v) is 5.69. The van der Waals surface area contributed by atoms with Gasteiger partial charge in [0.05, 0.1) is 6.54 Å². The summed E-state index contributed by atoms with van der Waals surface area (Å²) >= 11 is 0. The number of likely N-dealkylation sites (N-methyl/N-ethyl adjacent to an activating group) is 1. The largest absolute Gasteiger partial charge is 0.405 e. The summed E-state index contributed by atoms with van der Waals surface area (Å²) < 4.78 is 35.7. The Balaban J connectivity index is 2.44. The van der Waals surface area contributed by atoms with Crippen molar-refractivity contribution in [3.8, 4) is 0 Å². The van der Waals surface area contributed by atoms with E-state index in [1.165, 1.54) is 7.05 Å². The van der Waals surface area contributed by atoms with Gasteiger partial charge in [-0.05, 0) is 12.5 Å². The molecule has 8 heteroatoms. The van der Waals surface area contributed by atoms with Crippen molar-refractivity contribution in [2.24, 2.45) is 0 Å². The van der Waals surface area contributed by atoms with Crippen LogP contribution in [0.3, 0.4) is 0 Å².